The Hall–Kier alpha value is -4.24. The van der Waals surface area contributed by atoms with E-state index in [1.807, 2.05) is 54.6 Å². The van der Waals surface area contributed by atoms with E-state index < -0.39 is 18.2 Å². The fraction of sp³-hybridized carbons (Fsp3) is 0.0435. The first-order chi connectivity index (χ1) is 14.2. The van der Waals surface area contributed by atoms with E-state index in [2.05, 4.69) is 22.0 Å². The van der Waals surface area contributed by atoms with E-state index in [4.69, 9.17) is 6.42 Å². The van der Waals surface area contributed by atoms with Crippen molar-refractivity contribution in [1.82, 2.24) is 10.6 Å². The number of urea groups is 2. The molecule has 0 aliphatic rings. The maximum absolute atomic E-state index is 12.8. The molecule has 0 fully saturated rings. The molecule has 0 aliphatic heterocycles. The first-order valence-electron chi connectivity index (χ1n) is 8.96. The van der Waals surface area contributed by atoms with Gasteiger partial charge < -0.3 is 10.6 Å². The second kappa shape index (κ2) is 9.62. The monoisotopic (exact) mass is 384 g/mol. The number of amides is 4. The third-order valence-electron chi connectivity index (χ3n) is 4.11. The van der Waals surface area contributed by atoms with Gasteiger partial charge in [0.1, 0.15) is 6.17 Å². The molecule has 0 aliphatic carbocycles. The summed E-state index contributed by atoms with van der Waals surface area (Å²) >= 11 is 0. The fourth-order valence-corrected chi connectivity index (χ4v) is 2.84. The quantitative estimate of drug-likeness (QED) is 0.348. The molecule has 6 heteroatoms. The van der Waals surface area contributed by atoms with Gasteiger partial charge in [-0.05, 0) is 29.8 Å². The highest BCUT2D eigenvalue weighted by Crippen LogP contribution is 2.25. The third kappa shape index (κ3) is 5.15. The molecule has 144 valence electrons. The smallest absolute Gasteiger partial charge is 0.313 e. The first kappa shape index (κ1) is 19.5. The molecule has 6 nitrogen and oxygen atoms in total. The van der Waals surface area contributed by atoms with Gasteiger partial charge in [0.05, 0.1) is 0 Å². The Kier molecular flexibility index (Phi) is 6.48. The van der Waals surface area contributed by atoms with Crippen molar-refractivity contribution in [3.8, 4) is 12.5 Å². The van der Waals surface area contributed by atoms with E-state index in [0.29, 0.717) is 16.9 Å². The summed E-state index contributed by atoms with van der Waals surface area (Å²) in [5, 5.41) is 8.00. The second-order valence-corrected chi connectivity index (χ2v) is 6.06. The molecule has 0 bridgehead atoms. The molecule has 0 saturated heterocycles. The Morgan fingerprint density at radius 2 is 1.38 bits per heavy atom. The Labute approximate surface area is 169 Å². The summed E-state index contributed by atoms with van der Waals surface area (Å²) in [6.07, 6.45) is 4.48. The number of para-hydroxylation sites is 2. The molecule has 3 aromatic carbocycles. The average Bonchev–Trinajstić information content (AvgIpc) is 2.75. The number of hydrogen-bond donors (Lipinski definition) is 3. The average molecular weight is 384 g/mol. The third-order valence-corrected chi connectivity index (χ3v) is 4.11. The molecule has 0 radical (unpaired) electrons. The number of anilines is 2. The van der Waals surface area contributed by atoms with E-state index in [1.54, 1.807) is 36.4 Å². The van der Waals surface area contributed by atoms with Gasteiger partial charge >= 0.3 is 12.1 Å². The standard InChI is InChI=1S/C23H20N4O2/c1-2-24-23(29)27(20-16-10-5-11-17-20)21(18-12-6-3-7-13-18)26-22(28)25-19-14-8-4-9-15-19/h1,3-17,21H,(H,24,29)(H2,25,26,28). The van der Waals surface area contributed by atoms with Crippen LogP contribution in [0.2, 0.25) is 0 Å². The number of terminal acetylenes is 1. The number of hydrogen-bond acceptors (Lipinski definition) is 2. The Morgan fingerprint density at radius 3 is 1.97 bits per heavy atom. The molecule has 29 heavy (non-hydrogen) atoms. The lowest BCUT2D eigenvalue weighted by Crippen LogP contribution is -2.49. The minimum atomic E-state index is -0.796. The SMILES string of the molecule is C#CNC(=O)N(c1ccccc1)C(NC(=O)Nc1ccccc1)c1ccccc1. The van der Waals surface area contributed by atoms with Crippen LogP contribution in [-0.4, -0.2) is 12.1 Å². The number of nitrogens with zero attached hydrogens (tertiary/aromatic N) is 1. The second-order valence-electron chi connectivity index (χ2n) is 6.06. The van der Waals surface area contributed by atoms with Crippen LogP contribution in [0.15, 0.2) is 91.0 Å². The van der Waals surface area contributed by atoms with Crippen molar-refractivity contribution in [1.29, 1.82) is 0 Å². The molecule has 1 atom stereocenters. The van der Waals surface area contributed by atoms with Crippen LogP contribution in [0.3, 0.4) is 0 Å². The predicted molar refractivity (Wildman–Crippen MR) is 114 cm³/mol. The van der Waals surface area contributed by atoms with Crippen LogP contribution >= 0.6 is 0 Å². The van der Waals surface area contributed by atoms with Gasteiger partial charge in [-0.3, -0.25) is 10.2 Å². The minimum Gasteiger partial charge on any atom is -0.313 e. The number of nitrogens with one attached hydrogen (secondary N) is 3. The normalized spacial score (nSPS) is 10.9. The largest absolute Gasteiger partial charge is 0.335 e. The summed E-state index contributed by atoms with van der Waals surface area (Å²) in [5.41, 5.74) is 1.93. The van der Waals surface area contributed by atoms with Gasteiger partial charge in [0.2, 0.25) is 0 Å². The minimum absolute atomic E-state index is 0.459. The fourth-order valence-electron chi connectivity index (χ4n) is 2.84. The lowest BCUT2D eigenvalue weighted by Gasteiger charge is -2.32. The van der Waals surface area contributed by atoms with Crippen LogP contribution in [-0.2, 0) is 0 Å². The van der Waals surface area contributed by atoms with Crippen molar-refractivity contribution >= 4 is 23.4 Å². The summed E-state index contributed by atoms with van der Waals surface area (Å²) in [5.74, 6) is 0. The highest BCUT2D eigenvalue weighted by atomic mass is 16.2. The molecule has 1 unspecified atom stereocenters. The van der Waals surface area contributed by atoms with E-state index >= 15 is 0 Å². The summed E-state index contributed by atoms with van der Waals surface area (Å²) < 4.78 is 0. The van der Waals surface area contributed by atoms with Crippen molar-refractivity contribution < 1.29 is 9.59 Å². The Balaban J connectivity index is 1.95. The van der Waals surface area contributed by atoms with Gasteiger partial charge in [0.25, 0.3) is 0 Å². The highest BCUT2D eigenvalue weighted by molar-refractivity contribution is 5.96. The molecule has 0 aromatic heterocycles. The van der Waals surface area contributed by atoms with Gasteiger partial charge in [-0.1, -0.05) is 73.2 Å². The Morgan fingerprint density at radius 1 is 0.828 bits per heavy atom. The lowest BCUT2D eigenvalue weighted by molar-refractivity contribution is 0.241. The maximum atomic E-state index is 12.8. The van der Waals surface area contributed by atoms with E-state index in [9.17, 15) is 9.59 Å². The number of rotatable bonds is 5. The number of carbonyl (C=O) groups excluding carboxylic acids is 2. The van der Waals surface area contributed by atoms with Crippen LogP contribution in [0.5, 0.6) is 0 Å². The van der Waals surface area contributed by atoms with Gasteiger partial charge in [-0.15, -0.1) is 0 Å². The summed E-state index contributed by atoms with van der Waals surface area (Å²) in [6, 6.07) is 28.4. The van der Waals surface area contributed by atoms with E-state index in [1.165, 1.54) is 4.90 Å². The predicted octanol–water partition coefficient (Wildman–Crippen LogP) is 4.31. The summed E-state index contributed by atoms with van der Waals surface area (Å²) in [6.45, 7) is 0. The van der Waals surface area contributed by atoms with Crippen molar-refractivity contribution in [2.24, 2.45) is 0 Å². The van der Waals surface area contributed by atoms with Crippen molar-refractivity contribution in [2.75, 3.05) is 10.2 Å². The molecular formula is C23H20N4O2. The van der Waals surface area contributed by atoms with Gasteiger partial charge in [-0.2, -0.15) is 0 Å². The van der Waals surface area contributed by atoms with Gasteiger partial charge in [0, 0.05) is 17.4 Å². The van der Waals surface area contributed by atoms with Crippen LogP contribution in [0.4, 0.5) is 21.0 Å². The number of carbonyl (C=O) groups is 2. The zero-order valence-electron chi connectivity index (χ0n) is 15.6. The van der Waals surface area contributed by atoms with Crippen LogP contribution < -0.4 is 20.9 Å². The molecule has 0 spiro atoms. The molecule has 3 N–H and O–H groups in total. The van der Waals surface area contributed by atoms with E-state index in [-0.39, 0.29) is 0 Å². The molecule has 0 saturated carbocycles. The number of benzene rings is 3. The Bertz CT molecular complexity index is 986. The van der Waals surface area contributed by atoms with E-state index in [0.717, 1.165) is 0 Å². The molecule has 0 heterocycles. The molecule has 4 amide bonds. The van der Waals surface area contributed by atoms with Crippen LogP contribution in [0.25, 0.3) is 0 Å². The maximum Gasteiger partial charge on any atom is 0.335 e. The molecular weight excluding hydrogens is 364 g/mol. The lowest BCUT2D eigenvalue weighted by atomic mass is 10.1. The highest BCUT2D eigenvalue weighted by Gasteiger charge is 2.28. The van der Waals surface area contributed by atoms with Gasteiger partial charge in [-0.25, -0.2) is 9.59 Å². The molecule has 3 aromatic rings. The zero-order valence-corrected chi connectivity index (χ0v) is 15.6. The van der Waals surface area contributed by atoms with Gasteiger partial charge in [0.15, 0.2) is 0 Å². The topological polar surface area (TPSA) is 73.5 Å². The van der Waals surface area contributed by atoms with Crippen molar-refractivity contribution in [3.63, 3.8) is 0 Å². The van der Waals surface area contributed by atoms with Crippen LogP contribution in [0, 0.1) is 12.5 Å². The van der Waals surface area contributed by atoms with Crippen LogP contribution in [0.1, 0.15) is 11.7 Å². The molecule has 3 rings (SSSR count). The summed E-state index contributed by atoms with van der Waals surface area (Å²) in [4.78, 5) is 26.9. The first-order valence-corrected chi connectivity index (χ1v) is 8.96. The zero-order chi connectivity index (χ0) is 20.5. The van der Waals surface area contributed by atoms with Crippen molar-refractivity contribution in [2.45, 2.75) is 6.17 Å². The summed E-state index contributed by atoms with van der Waals surface area (Å²) in [7, 11) is 0. The van der Waals surface area contributed by atoms with Crippen molar-refractivity contribution in [3.05, 3.63) is 96.6 Å².